The molecule has 0 aliphatic rings. The monoisotopic (exact) mass is 281 g/mol. The van der Waals surface area contributed by atoms with Crippen LogP contribution in [0.1, 0.15) is 18.9 Å². The van der Waals surface area contributed by atoms with Crippen LogP contribution < -0.4 is 5.14 Å². The van der Waals surface area contributed by atoms with E-state index in [1.54, 1.807) is 5.38 Å². The van der Waals surface area contributed by atoms with Gasteiger partial charge in [0.05, 0.1) is 0 Å². The number of benzene rings is 1. The van der Waals surface area contributed by atoms with Crippen LogP contribution in [0.3, 0.4) is 0 Å². The molecule has 1 aromatic carbocycles. The van der Waals surface area contributed by atoms with E-state index in [1.165, 1.54) is 11.3 Å². The summed E-state index contributed by atoms with van der Waals surface area (Å²) in [5.74, 6) is 0. The number of sulfonamides is 1. The predicted octanol–water partition coefficient (Wildman–Crippen LogP) is 3.01. The van der Waals surface area contributed by atoms with Crippen LogP contribution in [0.2, 0.25) is 0 Å². The van der Waals surface area contributed by atoms with E-state index >= 15 is 0 Å². The van der Waals surface area contributed by atoms with Crippen molar-refractivity contribution >= 4 is 21.4 Å². The second kappa shape index (κ2) is 5.22. The third-order valence-electron chi connectivity index (χ3n) is 2.71. The van der Waals surface area contributed by atoms with E-state index in [4.69, 9.17) is 5.14 Å². The summed E-state index contributed by atoms with van der Waals surface area (Å²) in [6.45, 7) is 2.10. The van der Waals surface area contributed by atoms with Crippen molar-refractivity contribution in [3.05, 3.63) is 41.3 Å². The zero-order valence-corrected chi connectivity index (χ0v) is 11.7. The summed E-state index contributed by atoms with van der Waals surface area (Å²) >= 11 is 1.17. The third-order valence-corrected chi connectivity index (χ3v) is 5.14. The molecule has 0 atom stereocenters. The van der Waals surface area contributed by atoms with Crippen molar-refractivity contribution in [3.8, 4) is 11.1 Å². The standard InChI is InChI=1S/C13H15NO2S2/c1-2-5-10-6-3-4-7-11(10)12-8-9-17-13(12)18(14,15)16/h3-4,6-9H,2,5H2,1H3,(H2,14,15,16). The maximum atomic E-state index is 11.5. The van der Waals surface area contributed by atoms with Gasteiger partial charge in [0.2, 0.25) is 10.0 Å². The molecule has 0 saturated heterocycles. The predicted molar refractivity (Wildman–Crippen MR) is 75.1 cm³/mol. The number of hydrogen-bond acceptors (Lipinski definition) is 3. The fourth-order valence-corrected chi connectivity index (χ4v) is 3.81. The first-order valence-electron chi connectivity index (χ1n) is 5.72. The van der Waals surface area contributed by atoms with E-state index in [-0.39, 0.29) is 4.21 Å². The highest BCUT2D eigenvalue weighted by Gasteiger charge is 2.18. The minimum absolute atomic E-state index is 0.242. The van der Waals surface area contributed by atoms with Gasteiger partial charge in [0.1, 0.15) is 4.21 Å². The van der Waals surface area contributed by atoms with Crippen molar-refractivity contribution in [1.29, 1.82) is 0 Å². The molecule has 18 heavy (non-hydrogen) atoms. The van der Waals surface area contributed by atoms with Gasteiger partial charge >= 0.3 is 0 Å². The summed E-state index contributed by atoms with van der Waals surface area (Å²) in [5.41, 5.74) is 2.83. The Morgan fingerprint density at radius 2 is 1.89 bits per heavy atom. The summed E-state index contributed by atoms with van der Waals surface area (Å²) in [6, 6.07) is 9.68. The molecule has 0 aliphatic heterocycles. The molecule has 0 spiro atoms. The van der Waals surface area contributed by atoms with Crippen molar-refractivity contribution in [1.82, 2.24) is 0 Å². The molecule has 0 saturated carbocycles. The molecular weight excluding hydrogens is 266 g/mol. The van der Waals surface area contributed by atoms with Gasteiger partial charge in [-0.25, -0.2) is 13.6 Å². The largest absolute Gasteiger partial charge is 0.248 e. The van der Waals surface area contributed by atoms with E-state index in [9.17, 15) is 8.42 Å². The van der Waals surface area contributed by atoms with Gasteiger partial charge in [-0.2, -0.15) is 0 Å². The second-order valence-electron chi connectivity index (χ2n) is 4.07. The highest BCUT2D eigenvalue weighted by atomic mass is 32.2. The molecule has 0 bridgehead atoms. The molecule has 2 aromatic rings. The summed E-state index contributed by atoms with van der Waals surface area (Å²) in [7, 11) is -3.65. The van der Waals surface area contributed by atoms with Gasteiger partial charge in [-0.1, -0.05) is 37.6 Å². The molecule has 0 fully saturated rings. The Kier molecular flexibility index (Phi) is 3.85. The number of hydrogen-bond donors (Lipinski definition) is 1. The highest BCUT2D eigenvalue weighted by molar-refractivity contribution is 7.91. The Bertz CT molecular complexity index is 645. The molecule has 1 heterocycles. The van der Waals surface area contributed by atoms with E-state index in [2.05, 4.69) is 6.92 Å². The summed E-state index contributed by atoms with van der Waals surface area (Å²) in [5, 5.41) is 7.01. The van der Waals surface area contributed by atoms with E-state index in [0.717, 1.165) is 24.0 Å². The zero-order valence-electron chi connectivity index (χ0n) is 10.1. The Hall–Kier alpha value is -1.17. The van der Waals surface area contributed by atoms with Crippen molar-refractivity contribution in [2.75, 3.05) is 0 Å². The lowest BCUT2D eigenvalue weighted by atomic mass is 9.99. The third kappa shape index (κ3) is 2.63. The average Bonchev–Trinajstić information content (AvgIpc) is 2.78. The summed E-state index contributed by atoms with van der Waals surface area (Å²) in [4.78, 5) is 0. The second-order valence-corrected chi connectivity index (χ2v) is 6.75. The molecular formula is C13H15NO2S2. The molecule has 0 amide bonds. The number of aryl methyl sites for hydroxylation is 1. The van der Waals surface area contributed by atoms with Crippen LogP contribution in [0, 0.1) is 0 Å². The maximum absolute atomic E-state index is 11.5. The van der Waals surface area contributed by atoms with Gasteiger partial charge in [0.15, 0.2) is 0 Å². The van der Waals surface area contributed by atoms with Crippen molar-refractivity contribution in [2.45, 2.75) is 24.0 Å². The van der Waals surface area contributed by atoms with Crippen LogP contribution in [0.5, 0.6) is 0 Å². The maximum Gasteiger partial charge on any atom is 0.248 e. The molecule has 96 valence electrons. The van der Waals surface area contributed by atoms with Crippen molar-refractivity contribution < 1.29 is 8.42 Å². The van der Waals surface area contributed by atoms with Gasteiger partial charge in [-0.3, -0.25) is 0 Å². The molecule has 1 aromatic heterocycles. The first-order valence-corrected chi connectivity index (χ1v) is 8.15. The fraction of sp³-hybridized carbons (Fsp3) is 0.231. The van der Waals surface area contributed by atoms with Crippen molar-refractivity contribution in [2.24, 2.45) is 5.14 Å². The van der Waals surface area contributed by atoms with Gasteiger partial charge in [0, 0.05) is 5.56 Å². The quantitative estimate of drug-likeness (QED) is 0.936. The summed E-state index contributed by atoms with van der Waals surface area (Å²) < 4.78 is 23.3. The van der Waals surface area contributed by atoms with Gasteiger partial charge in [-0.15, -0.1) is 11.3 Å². The average molecular weight is 281 g/mol. The fourth-order valence-electron chi connectivity index (χ4n) is 1.99. The van der Waals surface area contributed by atoms with E-state index < -0.39 is 10.0 Å². The lowest BCUT2D eigenvalue weighted by Gasteiger charge is -2.08. The van der Waals surface area contributed by atoms with Gasteiger partial charge < -0.3 is 0 Å². The number of nitrogens with two attached hydrogens (primary N) is 1. The van der Waals surface area contributed by atoms with Crippen LogP contribution in [0.25, 0.3) is 11.1 Å². The SMILES string of the molecule is CCCc1ccccc1-c1ccsc1S(N)(=O)=O. The van der Waals surface area contributed by atoms with Crippen LogP contribution >= 0.6 is 11.3 Å². The Balaban J connectivity index is 2.60. The minimum atomic E-state index is -3.65. The molecule has 3 nitrogen and oxygen atoms in total. The van der Waals surface area contributed by atoms with Crippen molar-refractivity contribution in [3.63, 3.8) is 0 Å². The number of rotatable bonds is 4. The van der Waals surface area contributed by atoms with Crippen LogP contribution in [0.4, 0.5) is 0 Å². The smallest absolute Gasteiger partial charge is 0.224 e. The highest BCUT2D eigenvalue weighted by Crippen LogP contribution is 2.33. The Labute approximate surface area is 111 Å². The van der Waals surface area contributed by atoms with Crippen LogP contribution in [0.15, 0.2) is 39.9 Å². The van der Waals surface area contributed by atoms with Crippen LogP contribution in [-0.2, 0) is 16.4 Å². The Morgan fingerprint density at radius 3 is 2.56 bits per heavy atom. The first-order chi connectivity index (χ1) is 8.54. The molecule has 0 aliphatic carbocycles. The topological polar surface area (TPSA) is 60.2 Å². The first kappa shape index (κ1) is 13.3. The van der Waals surface area contributed by atoms with Gasteiger partial charge in [-0.05, 0) is 29.0 Å². The Morgan fingerprint density at radius 1 is 1.17 bits per heavy atom. The molecule has 2 rings (SSSR count). The normalized spacial score (nSPS) is 11.7. The summed E-state index contributed by atoms with van der Waals surface area (Å²) in [6.07, 6.45) is 1.95. The van der Waals surface area contributed by atoms with Gasteiger partial charge in [0.25, 0.3) is 0 Å². The zero-order chi connectivity index (χ0) is 13.2. The molecule has 0 radical (unpaired) electrons. The van der Waals surface area contributed by atoms with E-state index in [1.807, 2.05) is 30.3 Å². The molecule has 2 N–H and O–H groups in total. The number of primary sulfonamides is 1. The van der Waals surface area contributed by atoms with E-state index in [0.29, 0.717) is 5.56 Å². The molecule has 5 heteroatoms. The lowest BCUT2D eigenvalue weighted by molar-refractivity contribution is 0.600. The van der Waals surface area contributed by atoms with Crippen LogP contribution in [-0.4, -0.2) is 8.42 Å². The molecule has 0 unspecified atom stereocenters. The number of thiophene rings is 1. The lowest BCUT2D eigenvalue weighted by Crippen LogP contribution is -2.11. The minimum Gasteiger partial charge on any atom is -0.224 e.